The summed E-state index contributed by atoms with van der Waals surface area (Å²) in [5.41, 5.74) is 5.26. The summed E-state index contributed by atoms with van der Waals surface area (Å²) in [7, 11) is 0. The van der Waals surface area contributed by atoms with Crippen LogP contribution in [0.25, 0.3) is 0 Å². The molecule has 4 heterocycles. The monoisotopic (exact) mass is 474 g/mol. The summed E-state index contributed by atoms with van der Waals surface area (Å²) in [4.78, 5) is 41.6. The highest BCUT2D eigenvalue weighted by molar-refractivity contribution is 6.06. The zero-order chi connectivity index (χ0) is 23.9. The molecule has 2 N–H and O–H groups in total. The minimum absolute atomic E-state index is 0.108. The Kier molecular flexibility index (Phi) is 5.78. The Morgan fingerprint density at radius 3 is 2.83 bits per heavy atom. The Morgan fingerprint density at radius 2 is 1.94 bits per heavy atom. The van der Waals surface area contributed by atoms with E-state index in [1.54, 1.807) is 4.90 Å². The Bertz CT molecular complexity index is 1180. The van der Waals surface area contributed by atoms with Crippen LogP contribution in [-0.2, 0) is 27.4 Å². The fraction of sp³-hybridized carbons (Fsp3) is 0.444. The SMILES string of the molecule is O=C1CCC(N2Cc3cccc(CN4CCOCC4CC4CNc5ccccc54)c3C2=O)C(=O)N1. The molecule has 8 nitrogen and oxygen atoms in total. The molecule has 3 unspecified atom stereocenters. The van der Waals surface area contributed by atoms with Gasteiger partial charge in [-0.25, -0.2) is 0 Å². The summed E-state index contributed by atoms with van der Waals surface area (Å²) in [5, 5.41) is 5.91. The number of hydrogen-bond acceptors (Lipinski definition) is 6. The molecule has 0 aromatic heterocycles. The topological polar surface area (TPSA) is 91.0 Å². The Morgan fingerprint density at radius 1 is 1.06 bits per heavy atom. The van der Waals surface area contributed by atoms with Gasteiger partial charge in [0.15, 0.2) is 0 Å². The van der Waals surface area contributed by atoms with Crippen molar-refractivity contribution in [3.63, 3.8) is 0 Å². The van der Waals surface area contributed by atoms with Gasteiger partial charge >= 0.3 is 0 Å². The number of piperidine rings is 1. The van der Waals surface area contributed by atoms with Crippen LogP contribution in [0.5, 0.6) is 0 Å². The number of anilines is 1. The van der Waals surface area contributed by atoms with Gasteiger partial charge in [0.05, 0.1) is 13.2 Å². The highest BCUT2D eigenvalue weighted by Crippen LogP contribution is 2.36. The highest BCUT2D eigenvalue weighted by Gasteiger charge is 2.40. The molecular formula is C27H30N4O4. The first-order valence-corrected chi connectivity index (χ1v) is 12.5. The average molecular weight is 475 g/mol. The Hall–Kier alpha value is -3.23. The maximum absolute atomic E-state index is 13.5. The molecule has 2 saturated heterocycles. The Labute approximate surface area is 204 Å². The van der Waals surface area contributed by atoms with E-state index in [1.165, 1.54) is 11.3 Å². The van der Waals surface area contributed by atoms with E-state index < -0.39 is 6.04 Å². The van der Waals surface area contributed by atoms with Gasteiger partial charge in [-0.15, -0.1) is 0 Å². The fourth-order valence-electron chi connectivity index (χ4n) is 6.05. The number of benzene rings is 2. The third-order valence-corrected chi connectivity index (χ3v) is 7.86. The molecule has 35 heavy (non-hydrogen) atoms. The zero-order valence-corrected chi connectivity index (χ0v) is 19.7. The molecule has 182 valence electrons. The van der Waals surface area contributed by atoms with Crippen molar-refractivity contribution in [2.45, 2.75) is 50.4 Å². The summed E-state index contributed by atoms with van der Waals surface area (Å²) < 4.78 is 5.87. The third-order valence-electron chi connectivity index (χ3n) is 7.86. The molecule has 0 saturated carbocycles. The molecule has 0 aliphatic carbocycles. The minimum atomic E-state index is -0.591. The Balaban J connectivity index is 1.20. The minimum Gasteiger partial charge on any atom is -0.384 e. The van der Waals surface area contributed by atoms with E-state index in [4.69, 9.17) is 4.74 Å². The molecule has 2 aromatic rings. The van der Waals surface area contributed by atoms with Crippen molar-refractivity contribution in [3.05, 3.63) is 64.7 Å². The van der Waals surface area contributed by atoms with Crippen LogP contribution in [0.1, 0.15) is 52.2 Å². The molecule has 4 aliphatic heterocycles. The summed E-state index contributed by atoms with van der Waals surface area (Å²) in [5.74, 6) is -0.312. The molecule has 0 spiro atoms. The van der Waals surface area contributed by atoms with Gasteiger partial charge in [-0.05, 0) is 35.6 Å². The maximum atomic E-state index is 13.5. The van der Waals surface area contributed by atoms with Crippen molar-refractivity contribution in [2.24, 2.45) is 0 Å². The summed E-state index contributed by atoms with van der Waals surface area (Å²) in [6, 6.07) is 14.2. The summed E-state index contributed by atoms with van der Waals surface area (Å²) >= 11 is 0. The van der Waals surface area contributed by atoms with Crippen molar-refractivity contribution in [1.82, 2.24) is 15.1 Å². The molecule has 3 atom stereocenters. The fourth-order valence-corrected chi connectivity index (χ4v) is 6.05. The van der Waals surface area contributed by atoms with Crippen LogP contribution in [0.2, 0.25) is 0 Å². The molecule has 2 fully saturated rings. The molecule has 0 bridgehead atoms. The molecular weight excluding hydrogens is 444 g/mol. The predicted octanol–water partition coefficient (Wildman–Crippen LogP) is 2.25. The summed E-state index contributed by atoms with van der Waals surface area (Å²) in [6.07, 6.45) is 1.63. The number of hydrogen-bond donors (Lipinski definition) is 2. The standard InChI is InChI=1S/C27H30N4O4/c32-24-9-8-23(26(33)29-24)31-15-18-5-3-4-17(25(18)27(31)34)14-30-10-11-35-16-20(30)12-19-13-28-22-7-2-1-6-21(19)22/h1-7,19-20,23,28H,8-16H2,(H,29,32,33). The molecule has 0 radical (unpaired) electrons. The van der Waals surface area contributed by atoms with Crippen molar-refractivity contribution in [3.8, 4) is 0 Å². The van der Waals surface area contributed by atoms with Gasteiger partial charge in [-0.3, -0.25) is 24.6 Å². The number of fused-ring (bicyclic) bond motifs is 2. The lowest BCUT2D eigenvalue weighted by Gasteiger charge is -2.37. The quantitative estimate of drug-likeness (QED) is 0.646. The number of amides is 3. The van der Waals surface area contributed by atoms with E-state index >= 15 is 0 Å². The number of morpholine rings is 1. The van der Waals surface area contributed by atoms with E-state index in [0.29, 0.717) is 38.6 Å². The van der Waals surface area contributed by atoms with Crippen molar-refractivity contribution in [2.75, 3.05) is 31.6 Å². The number of ether oxygens (including phenoxy) is 1. The van der Waals surface area contributed by atoms with Crippen LogP contribution < -0.4 is 10.6 Å². The predicted molar refractivity (Wildman–Crippen MR) is 130 cm³/mol. The molecule has 6 rings (SSSR count). The largest absolute Gasteiger partial charge is 0.384 e. The van der Waals surface area contributed by atoms with Gasteiger partial charge in [-0.1, -0.05) is 36.4 Å². The highest BCUT2D eigenvalue weighted by atomic mass is 16.5. The number of nitrogens with one attached hydrogen (secondary N) is 2. The lowest BCUT2D eigenvalue weighted by atomic mass is 9.92. The van der Waals surface area contributed by atoms with Gasteiger partial charge in [0, 0.05) is 55.8 Å². The smallest absolute Gasteiger partial charge is 0.255 e. The first kappa shape index (κ1) is 22.2. The second-order valence-corrected chi connectivity index (χ2v) is 9.95. The summed E-state index contributed by atoms with van der Waals surface area (Å²) in [6.45, 7) is 4.20. The van der Waals surface area contributed by atoms with Gasteiger partial charge in [0.1, 0.15) is 6.04 Å². The number of carbonyl (C=O) groups is 3. The number of imide groups is 1. The first-order chi connectivity index (χ1) is 17.1. The van der Waals surface area contributed by atoms with Crippen molar-refractivity contribution < 1.29 is 19.1 Å². The number of carbonyl (C=O) groups excluding carboxylic acids is 3. The zero-order valence-electron chi connectivity index (χ0n) is 19.7. The van der Waals surface area contributed by atoms with Crippen LogP contribution in [0.15, 0.2) is 42.5 Å². The average Bonchev–Trinajstić information content (AvgIpc) is 3.42. The van der Waals surface area contributed by atoms with Gasteiger partial charge in [-0.2, -0.15) is 0 Å². The van der Waals surface area contributed by atoms with E-state index in [9.17, 15) is 14.4 Å². The maximum Gasteiger partial charge on any atom is 0.255 e. The number of para-hydroxylation sites is 1. The van der Waals surface area contributed by atoms with Crippen LogP contribution in [0.4, 0.5) is 5.69 Å². The van der Waals surface area contributed by atoms with Crippen LogP contribution in [0, 0.1) is 0 Å². The van der Waals surface area contributed by atoms with Crippen LogP contribution in [-0.4, -0.2) is 65.9 Å². The molecule has 4 aliphatic rings. The van der Waals surface area contributed by atoms with E-state index in [2.05, 4.69) is 39.8 Å². The normalized spacial score (nSPS) is 26.3. The van der Waals surface area contributed by atoms with Gasteiger partial charge in [0.2, 0.25) is 11.8 Å². The second-order valence-electron chi connectivity index (χ2n) is 9.95. The lowest BCUT2D eigenvalue weighted by molar-refractivity contribution is -0.136. The van der Waals surface area contributed by atoms with Crippen LogP contribution >= 0.6 is 0 Å². The molecule has 8 heteroatoms. The van der Waals surface area contributed by atoms with Crippen molar-refractivity contribution in [1.29, 1.82) is 0 Å². The van der Waals surface area contributed by atoms with Gasteiger partial charge in [0.25, 0.3) is 5.91 Å². The van der Waals surface area contributed by atoms with Crippen LogP contribution in [0.3, 0.4) is 0 Å². The lowest BCUT2D eigenvalue weighted by Crippen LogP contribution is -2.52. The van der Waals surface area contributed by atoms with Gasteiger partial charge < -0.3 is 15.0 Å². The van der Waals surface area contributed by atoms with E-state index in [0.717, 1.165) is 36.2 Å². The second kappa shape index (κ2) is 9.09. The molecule has 2 aromatic carbocycles. The van der Waals surface area contributed by atoms with E-state index in [-0.39, 0.29) is 30.2 Å². The molecule has 3 amide bonds. The third kappa shape index (κ3) is 4.10. The first-order valence-electron chi connectivity index (χ1n) is 12.5. The van der Waals surface area contributed by atoms with E-state index in [1.807, 2.05) is 18.2 Å². The van der Waals surface area contributed by atoms with Crippen molar-refractivity contribution >= 4 is 23.4 Å². The number of rotatable bonds is 5. The number of nitrogens with zero attached hydrogens (tertiary/aromatic N) is 2.